The molecule has 0 aromatic heterocycles. The van der Waals surface area contributed by atoms with Crippen LogP contribution in [0.4, 0.5) is 0 Å². The van der Waals surface area contributed by atoms with E-state index in [-0.39, 0.29) is 16.7 Å². The predicted molar refractivity (Wildman–Crippen MR) is 93.3 cm³/mol. The van der Waals surface area contributed by atoms with Crippen LogP contribution in [0, 0.1) is 34.5 Å². The first-order valence-corrected chi connectivity index (χ1v) is 9.89. The molecule has 0 heterocycles. The van der Waals surface area contributed by atoms with Crippen molar-refractivity contribution in [3.63, 3.8) is 0 Å². The summed E-state index contributed by atoms with van der Waals surface area (Å²) in [5.41, 5.74) is 1.28. The lowest BCUT2D eigenvalue weighted by atomic mass is 9.44. The van der Waals surface area contributed by atoms with Gasteiger partial charge in [0.25, 0.3) is 0 Å². The Morgan fingerprint density at radius 1 is 1.00 bits per heavy atom. The number of aliphatic hydroxyl groups is 2. The van der Waals surface area contributed by atoms with Crippen LogP contribution in [0.5, 0.6) is 0 Å². The zero-order chi connectivity index (χ0) is 17.3. The van der Waals surface area contributed by atoms with Gasteiger partial charge in [-0.2, -0.15) is 0 Å². The van der Waals surface area contributed by atoms with Crippen molar-refractivity contribution >= 4 is 5.78 Å². The van der Waals surface area contributed by atoms with Gasteiger partial charge >= 0.3 is 0 Å². The van der Waals surface area contributed by atoms with Crippen molar-refractivity contribution in [2.75, 3.05) is 0 Å². The minimum atomic E-state index is -0.561. The summed E-state index contributed by atoms with van der Waals surface area (Å²) in [6, 6.07) is 0. The van der Waals surface area contributed by atoms with Crippen molar-refractivity contribution < 1.29 is 15.0 Å². The maximum atomic E-state index is 12.6. The Bertz CT molecular complexity index is 582. The smallest absolute Gasteiger partial charge is 0.159 e. The quantitative estimate of drug-likeness (QED) is 0.668. The second-order valence-corrected chi connectivity index (χ2v) is 9.45. The van der Waals surface area contributed by atoms with E-state index < -0.39 is 12.2 Å². The Kier molecular flexibility index (Phi) is 3.78. The first-order valence-electron chi connectivity index (χ1n) is 9.89. The standard InChI is InChI=1S/C21H32O3/c1-4-13-18(23)11-16-12-5-6-15-19(24)17(22)8-10-21(15,3)14(12)7-9-20(13,16)2/h4,12,14-17,19,22,24H,5-11H2,1-3H3/b13-4+/t12-,14+,15+,16-,17+,19-,20-,21-/m1/s1. The molecule has 0 amide bonds. The van der Waals surface area contributed by atoms with Crippen molar-refractivity contribution in [2.24, 2.45) is 34.5 Å². The molecule has 4 aliphatic rings. The van der Waals surface area contributed by atoms with E-state index in [1.54, 1.807) is 0 Å². The van der Waals surface area contributed by atoms with Crippen molar-refractivity contribution in [3.05, 3.63) is 11.6 Å². The van der Waals surface area contributed by atoms with Crippen LogP contribution in [0.1, 0.15) is 65.7 Å². The molecule has 0 bridgehead atoms. The second-order valence-electron chi connectivity index (χ2n) is 9.45. The summed E-state index contributed by atoms with van der Waals surface area (Å²) in [7, 11) is 0. The summed E-state index contributed by atoms with van der Waals surface area (Å²) in [5, 5.41) is 20.7. The highest BCUT2D eigenvalue weighted by Gasteiger charge is 2.61. The molecular formula is C21H32O3. The topological polar surface area (TPSA) is 57.5 Å². The number of carbonyl (C=O) groups excluding carboxylic acids is 1. The molecule has 2 N–H and O–H groups in total. The van der Waals surface area contributed by atoms with E-state index in [1.807, 2.05) is 6.92 Å². The molecule has 24 heavy (non-hydrogen) atoms. The Morgan fingerprint density at radius 3 is 2.46 bits per heavy atom. The van der Waals surface area contributed by atoms with E-state index in [0.717, 1.165) is 50.5 Å². The molecule has 4 fully saturated rings. The van der Waals surface area contributed by atoms with Crippen LogP contribution in [0.25, 0.3) is 0 Å². The first-order chi connectivity index (χ1) is 11.3. The van der Waals surface area contributed by atoms with Crippen LogP contribution in [0.15, 0.2) is 11.6 Å². The van der Waals surface area contributed by atoms with Gasteiger partial charge in [-0.05, 0) is 85.5 Å². The lowest BCUT2D eigenvalue weighted by Crippen LogP contribution is -2.57. The third-order valence-electron chi connectivity index (χ3n) is 8.73. The molecule has 0 aromatic carbocycles. The van der Waals surface area contributed by atoms with E-state index in [0.29, 0.717) is 23.5 Å². The zero-order valence-electron chi connectivity index (χ0n) is 15.3. The third-order valence-corrected chi connectivity index (χ3v) is 8.73. The Hall–Kier alpha value is -0.670. The van der Waals surface area contributed by atoms with Gasteiger partial charge in [0.05, 0.1) is 12.2 Å². The highest BCUT2D eigenvalue weighted by Crippen LogP contribution is 2.66. The Morgan fingerprint density at radius 2 is 1.75 bits per heavy atom. The minimum Gasteiger partial charge on any atom is -0.390 e. The monoisotopic (exact) mass is 332 g/mol. The van der Waals surface area contributed by atoms with Crippen molar-refractivity contribution in [2.45, 2.75) is 77.9 Å². The zero-order valence-corrected chi connectivity index (χ0v) is 15.3. The van der Waals surface area contributed by atoms with Crippen LogP contribution >= 0.6 is 0 Å². The molecule has 4 aliphatic carbocycles. The lowest BCUT2D eigenvalue weighted by Gasteiger charge is -2.61. The van der Waals surface area contributed by atoms with E-state index >= 15 is 0 Å². The molecule has 0 aromatic rings. The van der Waals surface area contributed by atoms with E-state index in [9.17, 15) is 15.0 Å². The number of Topliss-reactive ketones (excluding diaryl/α,β-unsaturated/α-hetero) is 1. The van der Waals surface area contributed by atoms with Crippen LogP contribution in [0.2, 0.25) is 0 Å². The number of rotatable bonds is 0. The predicted octanol–water partition coefficient (Wildman–Crippen LogP) is 3.49. The van der Waals surface area contributed by atoms with Crippen LogP contribution in [-0.2, 0) is 4.79 Å². The molecule has 0 radical (unpaired) electrons. The normalized spacial score (nSPS) is 55.9. The van der Waals surface area contributed by atoms with Crippen molar-refractivity contribution in [1.29, 1.82) is 0 Å². The second kappa shape index (κ2) is 5.41. The summed E-state index contributed by atoms with van der Waals surface area (Å²) in [4.78, 5) is 12.6. The van der Waals surface area contributed by atoms with Gasteiger partial charge in [-0.1, -0.05) is 19.9 Å². The van der Waals surface area contributed by atoms with Crippen LogP contribution in [-0.4, -0.2) is 28.2 Å². The maximum Gasteiger partial charge on any atom is 0.159 e. The molecule has 3 nitrogen and oxygen atoms in total. The van der Waals surface area contributed by atoms with Gasteiger partial charge in [0.2, 0.25) is 0 Å². The molecule has 134 valence electrons. The summed E-state index contributed by atoms with van der Waals surface area (Å²) in [5.74, 6) is 2.29. The van der Waals surface area contributed by atoms with Crippen molar-refractivity contribution in [3.8, 4) is 0 Å². The van der Waals surface area contributed by atoms with Crippen LogP contribution < -0.4 is 0 Å². The van der Waals surface area contributed by atoms with Crippen LogP contribution in [0.3, 0.4) is 0 Å². The average Bonchev–Trinajstić information content (AvgIpc) is 2.81. The molecule has 3 heteroatoms. The number of ketones is 1. The minimum absolute atomic E-state index is 0.0724. The summed E-state index contributed by atoms with van der Waals surface area (Å²) >= 11 is 0. The van der Waals surface area contributed by atoms with Gasteiger partial charge in [-0.15, -0.1) is 0 Å². The molecule has 0 spiro atoms. The molecular weight excluding hydrogens is 300 g/mol. The summed E-state index contributed by atoms with van der Waals surface area (Å²) < 4.78 is 0. The number of carbonyl (C=O) groups is 1. The highest BCUT2D eigenvalue weighted by atomic mass is 16.3. The molecule has 0 aliphatic heterocycles. The number of hydrogen-bond acceptors (Lipinski definition) is 3. The van der Waals surface area contributed by atoms with E-state index in [4.69, 9.17) is 0 Å². The van der Waals surface area contributed by atoms with Gasteiger partial charge in [-0.3, -0.25) is 4.79 Å². The first kappa shape index (κ1) is 16.8. The molecule has 0 saturated heterocycles. The lowest BCUT2D eigenvalue weighted by molar-refractivity contribution is -0.169. The van der Waals surface area contributed by atoms with Gasteiger partial charge in [0, 0.05) is 6.42 Å². The highest BCUT2D eigenvalue weighted by molar-refractivity contribution is 5.99. The van der Waals surface area contributed by atoms with E-state index in [1.165, 1.54) is 0 Å². The summed E-state index contributed by atoms with van der Waals surface area (Å²) in [6.45, 7) is 6.70. The van der Waals surface area contributed by atoms with Gasteiger partial charge in [-0.25, -0.2) is 0 Å². The Balaban J connectivity index is 1.67. The van der Waals surface area contributed by atoms with Gasteiger partial charge in [0.1, 0.15) is 0 Å². The largest absolute Gasteiger partial charge is 0.390 e. The van der Waals surface area contributed by atoms with Gasteiger partial charge < -0.3 is 10.2 Å². The Labute approximate surface area is 145 Å². The van der Waals surface area contributed by atoms with E-state index in [2.05, 4.69) is 19.9 Å². The SMILES string of the molecule is C/C=C1\C(=O)C[C@@H]2[C@@H]3CC[C@H]4[C@@H](O)[C@@H](O)CC[C@]4(C)[C@H]3CC[C@]12C. The molecule has 0 unspecified atom stereocenters. The van der Waals surface area contributed by atoms with Gasteiger partial charge in [0.15, 0.2) is 5.78 Å². The molecule has 4 rings (SSSR count). The molecule has 4 saturated carbocycles. The average molecular weight is 332 g/mol. The number of allylic oxidation sites excluding steroid dienone is 2. The number of fused-ring (bicyclic) bond motifs is 5. The molecule has 8 atom stereocenters. The fourth-order valence-electron chi connectivity index (χ4n) is 7.46. The number of aliphatic hydroxyl groups excluding tert-OH is 2. The fourth-order valence-corrected chi connectivity index (χ4v) is 7.46. The fraction of sp³-hybridized carbons (Fsp3) is 0.857. The third kappa shape index (κ3) is 2.00. The van der Waals surface area contributed by atoms with Crippen molar-refractivity contribution in [1.82, 2.24) is 0 Å². The maximum absolute atomic E-state index is 12.6. The number of hydrogen-bond donors (Lipinski definition) is 2. The summed E-state index contributed by atoms with van der Waals surface area (Å²) in [6.07, 6.45) is 7.80.